The molecule has 1 N–H and O–H groups in total. The van der Waals surface area contributed by atoms with Crippen LogP contribution in [0.4, 0.5) is 17.5 Å². The molecule has 1 atom stereocenters. The van der Waals surface area contributed by atoms with Crippen molar-refractivity contribution in [1.82, 2.24) is 15.2 Å². The van der Waals surface area contributed by atoms with Crippen molar-refractivity contribution in [3.05, 3.63) is 36.0 Å². The zero-order chi connectivity index (χ0) is 18.7. The van der Waals surface area contributed by atoms with Crippen LogP contribution in [-0.4, -0.2) is 53.5 Å². The van der Waals surface area contributed by atoms with Crippen molar-refractivity contribution < 1.29 is 13.2 Å². The average Bonchev–Trinajstić information content (AvgIpc) is 2.96. The summed E-state index contributed by atoms with van der Waals surface area (Å²) < 4.78 is 23.5. The third-order valence-corrected chi connectivity index (χ3v) is 6.11. The van der Waals surface area contributed by atoms with Crippen LogP contribution in [0.25, 0.3) is 0 Å². The average molecular weight is 375 g/mol. The minimum atomic E-state index is -2.99. The first-order valence-corrected chi connectivity index (χ1v) is 10.2. The van der Waals surface area contributed by atoms with E-state index < -0.39 is 9.84 Å². The van der Waals surface area contributed by atoms with E-state index in [1.54, 1.807) is 24.3 Å². The number of anilines is 3. The van der Waals surface area contributed by atoms with Crippen LogP contribution in [0.2, 0.25) is 0 Å². The third kappa shape index (κ3) is 4.16. The quantitative estimate of drug-likeness (QED) is 0.763. The molecule has 26 heavy (non-hydrogen) atoms. The van der Waals surface area contributed by atoms with E-state index in [1.165, 1.54) is 13.1 Å². The highest BCUT2D eigenvalue weighted by Crippen LogP contribution is 2.22. The molecular weight excluding hydrogens is 354 g/mol. The summed E-state index contributed by atoms with van der Waals surface area (Å²) in [6.07, 6.45) is 2.07. The first-order valence-electron chi connectivity index (χ1n) is 8.43. The van der Waals surface area contributed by atoms with E-state index in [0.717, 1.165) is 5.69 Å². The first kappa shape index (κ1) is 18.2. The highest BCUT2D eigenvalue weighted by molar-refractivity contribution is 7.91. The fourth-order valence-electron chi connectivity index (χ4n) is 3.00. The van der Waals surface area contributed by atoms with Crippen LogP contribution in [-0.2, 0) is 9.84 Å². The Morgan fingerprint density at radius 3 is 2.62 bits per heavy atom. The van der Waals surface area contributed by atoms with Crippen LogP contribution < -0.4 is 10.2 Å². The predicted octanol–water partition coefficient (Wildman–Crippen LogP) is 1.83. The van der Waals surface area contributed by atoms with Crippen molar-refractivity contribution in [3.8, 4) is 0 Å². The molecule has 1 aromatic heterocycles. The van der Waals surface area contributed by atoms with Gasteiger partial charge in [0.2, 0.25) is 5.95 Å². The molecule has 1 aliphatic rings. The third-order valence-electron chi connectivity index (χ3n) is 4.36. The monoisotopic (exact) mass is 375 g/mol. The fourth-order valence-corrected chi connectivity index (χ4v) is 4.73. The number of hydrogen-bond acceptors (Lipinski definition) is 8. The highest BCUT2D eigenvalue weighted by Gasteiger charge is 2.33. The Labute approximate surface area is 152 Å². The lowest BCUT2D eigenvalue weighted by molar-refractivity contribution is 0.101. The van der Waals surface area contributed by atoms with Gasteiger partial charge in [-0.15, -0.1) is 5.10 Å². The molecule has 1 aromatic carbocycles. The maximum absolute atomic E-state index is 11.8. The molecule has 0 radical (unpaired) electrons. The second kappa shape index (κ2) is 7.36. The Kier molecular flexibility index (Phi) is 5.17. The van der Waals surface area contributed by atoms with Crippen molar-refractivity contribution in [2.45, 2.75) is 26.3 Å². The van der Waals surface area contributed by atoms with Crippen LogP contribution >= 0.6 is 0 Å². The number of carbonyl (C=O) groups excluding carboxylic acids is 1. The maximum Gasteiger partial charge on any atom is 0.247 e. The summed E-state index contributed by atoms with van der Waals surface area (Å²) in [7, 11) is -2.99. The van der Waals surface area contributed by atoms with Gasteiger partial charge in [0, 0.05) is 23.8 Å². The SMILES string of the molecule is CCN(c1nncc(Nc2ccc(C(C)=O)cc2)n1)C1CCS(=O)(=O)C1. The normalized spacial score (nSPS) is 18.5. The van der Waals surface area contributed by atoms with Gasteiger partial charge < -0.3 is 10.2 Å². The van der Waals surface area contributed by atoms with E-state index in [1.807, 2.05) is 11.8 Å². The van der Waals surface area contributed by atoms with Gasteiger partial charge in [0.15, 0.2) is 21.4 Å². The minimum Gasteiger partial charge on any atom is -0.339 e. The molecule has 0 amide bonds. The lowest BCUT2D eigenvalue weighted by atomic mass is 10.1. The second-order valence-electron chi connectivity index (χ2n) is 6.24. The van der Waals surface area contributed by atoms with Gasteiger partial charge in [0.25, 0.3) is 0 Å². The minimum absolute atomic E-state index is 0.00708. The molecule has 9 heteroatoms. The molecule has 0 aliphatic carbocycles. The molecule has 1 fully saturated rings. The van der Waals surface area contributed by atoms with E-state index >= 15 is 0 Å². The van der Waals surface area contributed by atoms with Crippen LogP contribution in [0, 0.1) is 0 Å². The van der Waals surface area contributed by atoms with Gasteiger partial charge >= 0.3 is 0 Å². The van der Waals surface area contributed by atoms with Gasteiger partial charge in [0.1, 0.15) is 0 Å². The molecule has 0 bridgehead atoms. The van der Waals surface area contributed by atoms with Gasteiger partial charge in [0.05, 0.1) is 17.7 Å². The molecule has 3 rings (SSSR count). The topological polar surface area (TPSA) is 105 Å². The number of nitrogens with zero attached hydrogens (tertiary/aromatic N) is 4. The van der Waals surface area contributed by atoms with Crippen LogP contribution in [0.3, 0.4) is 0 Å². The van der Waals surface area contributed by atoms with Gasteiger partial charge in [-0.25, -0.2) is 8.42 Å². The number of aromatic nitrogens is 3. The van der Waals surface area contributed by atoms with Crippen molar-refractivity contribution >= 4 is 33.1 Å². The van der Waals surface area contributed by atoms with E-state index in [0.29, 0.717) is 30.3 Å². The predicted molar refractivity (Wildman–Crippen MR) is 99.6 cm³/mol. The number of nitrogens with one attached hydrogen (secondary N) is 1. The summed E-state index contributed by atoms with van der Waals surface area (Å²) >= 11 is 0. The highest BCUT2D eigenvalue weighted by atomic mass is 32.2. The van der Waals surface area contributed by atoms with E-state index in [-0.39, 0.29) is 23.3 Å². The maximum atomic E-state index is 11.8. The van der Waals surface area contributed by atoms with Crippen molar-refractivity contribution in [1.29, 1.82) is 0 Å². The number of sulfone groups is 1. The van der Waals surface area contributed by atoms with E-state index in [9.17, 15) is 13.2 Å². The van der Waals surface area contributed by atoms with Crippen LogP contribution in [0.5, 0.6) is 0 Å². The summed E-state index contributed by atoms with van der Waals surface area (Å²) in [6, 6.07) is 6.93. The van der Waals surface area contributed by atoms with Gasteiger partial charge in [-0.3, -0.25) is 4.79 Å². The van der Waals surface area contributed by atoms with E-state index in [4.69, 9.17) is 0 Å². The summed E-state index contributed by atoms with van der Waals surface area (Å²) in [6.45, 7) is 4.05. The molecular formula is C17H21N5O3S. The zero-order valence-electron chi connectivity index (χ0n) is 14.7. The Hall–Kier alpha value is -2.55. The summed E-state index contributed by atoms with van der Waals surface area (Å²) in [5.41, 5.74) is 1.41. The van der Waals surface area contributed by atoms with Gasteiger partial charge in [-0.2, -0.15) is 10.1 Å². The molecule has 8 nitrogen and oxygen atoms in total. The van der Waals surface area contributed by atoms with Crippen molar-refractivity contribution in [2.24, 2.45) is 0 Å². The number of rotatable bonds is 6. The smallest absolute Gasteiger partial charge is 0.247 e. The largest absolute Gasteiger partial charge is 0.339 e. The Morgan fingerprint density at radius 1 is 1.31 bits per heavy atom. The van der Waals surface area contributed by atoms with Crippen molar-refractivity contribution in [3.63, 3.8) is 0 Å². The number of Topliss-reactive ketones (excluding diaryl/α,β-unsaturated/α-hetero) is 1. The lowest BCUT2D eigenvalue weighted by Gasteiger charge is -2.26. The lowest BCUT2D eigenvalue weighted by Crippen LogP contribution is -2.37. The van der Waals surface area contributed by atoms with Crippen LogP contribution in [0.15, 0.2) is 30.5 Å². The van der Waals surface area contributed by atoms with E-state index in [2.05, 4.69) is 20.5 Å². The molecule has 2 aromatic rings. The Bertz CT molecular complexity index is 899. The molecule has 0 saturated carbocycles. The number of hydrogen-bond donors (Lipinski definition) is 1. The van der Waals surface area contributed by atoms with Crippen LogP contribution in [0.1, 0.15) is 30.6 Å². The molecule has 2 heterocycles. The second-order valence-corrected chi connectivity index (χ2v) is 8.47. The molecule has 1 saturated heterocycles. The summed E-state index contributed by atoms with van der Waals surface area (Å²) in [5, 5.41) is 11.2. The Morgan fingerprint density at radius 2 is 2.04 bits per heavy atom. The number of ketones is 1. The standard InChI is InChI=1S/C17H21N5O3S/c1-3-22(15-8-9-26(24,25)11-15)17-20-16(10-18-21-17)19-14-6-4-13(5-7-14)12(2)23/h4-7,10,15H,3,8-9,11H2,1-2H3,(H,19,20,21). The first-order chi connectivity index (χ1) is 12.4. The summed E-state index contributed by atoms with van der Waals surface area (Å²) in [4.78, 5) is 17.7. The number of carbonyl (C=O) groups is 1. The van der Waals surface area contributed by atoms with Crippen molar-refractivity contribution in [2.75, 3.05) is 28.3 Å². The molecule has 0 spiro atoms. The fraction of sp³-hybridized carbons (Fsp3) is 0.412. The zero-order valence-corrected chi connectivity index (χ0v) is 15.5. The van der Waals surface area contributed by atoms with Gasteiger partial charge in [-0.05, 0) is 44.5 Å². The summed E-state index contributed by atoms with van der Waals surface area (Å²) in [5.74, 6) is 1.23. The molecule has 1 aliphatic heterocycles. The molecule has 138 valence electrons. The Balaban J connectivity index is 1.77. The van der Waals surface area contributed by atoms with Gasteiger partial charge in [-0.1, -0.05) is 0 Å². The molecule has 1 unspecified atom stereocenters. The number of benzene rings is 1.